The lowest BCUT2D eigenvalue weighted by atomic mass is 9.90. The third kappa shape index (κ3) is 5.98. The minimum atomic E-state index is -4.74. The van der Waals surface area contributed by atoms with Crippen molar-refractivity contribution in [3.8, 4) is 22.7 Å². The van der Waals surface area contributed by atoms with Crippen LogP contribution in [0.1, 0.15) is 16.8 Å². The average Bonchev–Trinajstić information content (AvgIpc) is 3.33. The van der Waals surface area contributed by atoms with Gasteiger partial charge in [0.05, 0.1) is 32.8 Å². The van der Waals surface area contributed by atoms with Crippen LogP contribution in [0.15, 0.2) is 83.8 Å². The molecule has 0 atom stereocenters. The molecule has 1 heterocycles. The van der Waals surface area contributed by atoms with Gasteiger partial charge in [-0.25, -0.2) is 4.98 Å². The second-order valence-corrected chi connectivity index (χ2v) is 9.70. The van der Waals surface area contributed by atoms with Crippen LogP contribution in [0.4, 0.5) is 18.9 Å². The Morgan fingerprint density at radius 3 is 2.44 bits per heavy atom. The van der Waals surface area contributed by atoms with E-state index in [1.807, 2.05) is 22.8 Å². The number of halogens is 5. The van der Waals surface area contributed by atoms with E-state index in [-0.39, 0.29) is 10.9 Å². The first-order chi connectivity index (χ1) is 18.6. The summed E-state index contributed by atoms with van der Waals surface area (Å²) in [5.74, 6) is -0.278. The van der Waals surface area contributed by atoms with Crippen LogP contribution < -0.4 is 10.1 Å². The van der Waals surface area contributed by atoms with Crippen molar-refractivity contribution in [2.24, 2.45) is 10.2 Å². The second-order valence-electron chi connectivity index (χ2n) is 8.50. The molecule has 5 rings (SSSR count). The molecule has 0 aliphatic heterocycles. The highest BCUT2D eigenvalue weighted by Crippen LogP contribution is 2.36. The van der Waals surface area contributed by atoms with Crippen LogP contribution in [0, 0.1) is 0 Å². The molecule has 39 heavy (non-hydrogen) atoms. The van der Waals surface area contributed by atoms with Gasteiger partial charge in [0.1, 0.15) is 12.1 Å². The van der Waals surface area contributed by atoms with Crippen LogP contribution in [0.25, 0.3) is 22.6 Å². The molecule has 3 aromatic carbocycles. The Morgan fingerprint density at radius 1 is 1.03 bits per heavy atom. The van der Waals surface area contributed by atoms with Crippen LogP contribution in [-0.4, -0.2) is 21.0 Å². The summed E-state index contributed by atoms with van der Waals surface area (Å²) in [6.45, 7) is 4.00. The molecular weight excluding hydrogens is 570 g/mol. The highest BCUT2D eigenvalue weighted by Gasteiger charge is 2.31. The number of benzene rings is 3. The molecule has 0 saturated carbocycles. The first-order valence-corrected chi connectivity index (χ1v) is 12.7. The Hall–Kier alpha value is -3.73. The van der Waals surface area contributed by atoms with Crippen molar-refractivity contribution in [2.45, 2.75) is 19.2 Å². The zero-order valence-corrected chi connectivity index (χ0v) is 22.3. The van der Waals surface area contributed by atoms with E-state index in [9.17, 15) is 13.2 Å². The monoisotopic (exact) mass is 587 g/mol. The van der Waals surface area contributed by atoms with E-state index < -0.39 is 6.36 Å². The lowest BCUT2D eigenvalue weighted by molar-refractivity contribution is -0.274. The van der Waals surface area contributed by atoms with Gasteiger partial charge in [-0.05, 0) is 73.1 Å². The minimum Gasteiger partial charge on any atom is -0.406 e. The van der Waals surface area contributed by atoms with E-state index >= 15 is 0 Å². The normalized spacial score (nSPS) is 12.6. The van der Waals surface area contributed by atoms with Gasteiger partial charge in [-0.2, -0.15) is 0 Å². The minimum absolute atomic E-state index is 0.0808. The maximum atomic E-state index is 12.5. The van der Waals surface area contributed by atoms with Gasteiger partial charge in [0.15, 0.2) is 0 Å². The number of hydrogen-bond donors (Lipinski definition) is 1. The van der Waals surface area contributed by atoms with E-state index in [2.05, 4.69) is 31.8 Å². The number of azo groups is 1. The number of aromatic nitrogens is 2. The molecule has 1 aromatic heterocycles. The van der Waals surface area contributed by atoms with Gasteiger partial charge in [-0.1, -0.05) is 48.0 Å². The van der Waals surface area contributed by atoms with Gasteiger partial charge >= 0.3 is 6.36 Å². The topological polar surface area (TPSA) is 63.8 Å². The molecule has 0 spiro atoms. The average molecular weight is 588 g/mol. The quantitative estimate of drug-likeness (QED) is 0.187. The van der Waals surface area contributed by atoms with E-state index in [1.54, 1.807) is 36.7 Å². The zero-order chi connectivity index (χ0) is 27.7. The maximum Gasteiger partial charge on any atom is 0.573 e. The molecule has 0 unspecified atom stereocenters. The molecule has 1 aliphatic rings. The van der Waals surface area contributed by atoms with Gasteiger partial charge in [0.2, 0.25) is 5.11 Å². The maximum absolute atomic E-state index is 12.5. The Balaban J connectivity index is 1.31. The number of ether oxygens (including phenoxy) is 1. The lowest BCUT2D eigenvalue weighted by Gasteiger charge is -2.19. The number of aryl methyl sites for hydroxylation is 1. The fourth-order valence-electron chi connectivity index (χ4n) is 4.25. The zero-order valence-electron chi connectivity index (χ0n) is 20.0. The first kappa shape index (κ1) is 26.9. The molecule has 1 N–H and O–H groups in total. The van der Waals surface area contributed by atoms with Crippen molar-refractivity contribution < 1.29 is 17.9 Å². The predicted molar refractivity (Wildman–Crippen MR) is 150 cm³/mol. The Bertz CT molecular complexity index is 1600. The molecule has 0 amide bonds. The Morgan fingerprint density at radius 2 is 1.74 bits per heavy atom. The SMILES string of the molecule is C=C(/N=N/C(=S)Nc1c(Cl)cccc1Cl)c1ccc2c(c1)CCc1c-2ncn1-c1ccc(OC(F)(F)F)cc1. The number of anilines is 1. The molecule has 6 nitrogen and oxygen atoms in total. The number of nitrogens with one attached hydrogen (secondary N) is 1. The van der Waals surface area contributed by atoms with E-state index in [4.69, 9.17) is 35.4 Å². The molecule has 0 fully saturated rings. The van der Waals surface area contributed by atoms with Crippen molar-refractivity contribution in [2.75, 3.05) is 5.32 Å². The van der Waals surface area contributed by atoms with Gasteiger partial charge in [-0.3, -0.25) is 0 Å². The summed E-state index contributed by atoms with van der Waals surface area (Å²) in [7, 11) is 0. The van der Waals surface area contributed by atoms with Crippen LogP contribution in [0.3, 0.4) is 0 Å². The number of hydrogen-bond acceptors (Lipinski definition) is 4. The smallest absolute Gasteiger partial charge is 0.406 e. The molecule has 4 aromatic rings. The summed E-state index contributed by atoms with van der Waals surface area (Å²) in [5, 5.41) is 12.0. The molecule has 0 radical (unpaired) electrons. The number of imidazole rings is 1. The largest absolute Gasteiger partial charge is 0.573 e. The number of thiocarbonyl (C=S) groups is 1. The van der Waals surface area contributed by atoms with Crippen LogP contribution in [0.2, 0.25) is 10.0 Å². The molecule has 0 saturated heterocycles. The number of alkyl halides is 3. The molecule has 0 bridgehead atoms. The van der Waals surface area contributed by atoms with E-state index in [0.717, 1.165) is 34.5 Å². The van der Waals surface area contributed by atoms with Gasteiger partial charge in [0.25, 0.3) is 0 Å². The molecule has 12 heteroatoms. The van der Waals surface area contributed by atoms with Gasteiger partial charge in [0, 0.05) is 16.8 Å². The van der Waals surface area contributed by atoms with Crippen molar-refractivity contribution in [1.29, 1.82) is 0 Å². The summed E-state index contributed by atoms with van der Waals surface area (Å²) in [6, 6.07) is 16.6. The summed E-state index contributed by atoms with van der Waals surface area (Å²) in [4.78, 5) is 4.58. The van der Waals surface area contributed by atoms with Crippen molar-refractivity contribution in [3.05, 3.63) is 100 Å². The molecule has 198 valence electrons. The number of fused-ring (bicyclic) bond motifs is 3. The van der Waals surface area contributed by atoms with E-state index in [0.29, 0.717) is 33.5 Å². The van der Waals surface area contributed by atoms with Crippen molar-refractivity contribution in [3.63, 3.8) is 0 Å². The summed E-state index contributed by atoms with van der Waals surface area (Å²) in [5.41, 5.74) is 6.15. The van der Waals surface area contributed by atoms with Crippen LogP contribution >= 0.6 is 35.4 Å². The first-order valence-electron chi connectivity index (χ1n) is 11.5. The second kappa shape index (κ2) is 10.8. The third-order valence-electron chi connectivity index (χ3n) is 6.00. The van der Waals surface area contributed by atoms with Gasteiger partial charge < -0.3 is 14.6 Å². The standard InChI is InChI=1S/C27H18Cl2F3N5OS/c1-15(35-36-26(39)34-25-21(28)3-2-4-22(25)29)16-5-11-20-17(13-16)6-12-23-24(20)33-14-37(23)18-7-9-19(10-8-18)38-27(30,31)32/h2-5,7-11,13-14H,1,6,12H2,(H,34,39)/b36-35+. The molecular formula is C27H18Cl2F3N5OS. The fraction of sp³-hybridized carbons (Fsp3) is 0.111. The van der Waals surface area contributed by atoms with Crippen LogP contribution in [-0.2, 0) is 12.8 Å². The summed E-state index contributed by atoms with van der Waals surface area (Å²) in [6.07, 6.45) is -1.65. The fourth-order valence-corrected chi connectivity index (χ4v) is 4.88. The highest BCUT2D eigenvalue weighted by atomic mass is 35.5. The predicted octanol–water partition coefficient (Wildman–Crippen LogP) is 8.66. The highest BCUT2D eigenvalue weighted by molar-refractivity contribution is 7.80. The van der Waals surface area contributed by atoms with Crippen molar-refractivity contribution in [1.82, 2.24) is 9.55 Å². The summed E-state index contributed by atoms with van der Waals surface area (Å²) >= 11 is 17.5. The lowest BCUT2D eigenvalue weighted by Crippen LogP contribution is -2.17. The van der Waals surface area contributed by atoms with Gasteiger partial charge in [-0.15, -0.1) is 23.4 Å². The van der Waals surface area contributed by atoms with E-state index in [1.165, 1.54) is 12.1 Å². The third-order valence-corrected chi connectivity index (χ3v) is 6.81. The molecule has 1 aliphatic carbocycles. The number of rotatable bonds is 5. The number of nitrogens with zero attached hydrogens (tertiary/aromatic N) is 4. The van der Waals surface area contributed by atoms with Crippen molar-refractivity contribution >= 4 is 51.9 Å². The Kier molecular flexibility index (Phi) is 7.44. The number of para-hydroxylation sites is 1. The Labute approximate surface area is 236 Å². The van der Waals surface area contributed by atoms with Crippen LogP contribution in [0.5, 0.6) is 5.75 Å². The summed E-state index contributed by atoms with van der Waals surface area (Å²) < 4.78 is 43.3.